The lowest BCUT2D eigenvalue weighted by Gasteiger charge is -2.12. The quantitative estimate of drug-likeness (QED) is 0.406. The highest BCUT2D eigenvalue weighted by atomic mass is 32.2. The summed E-state index contributed by atoms with van der Waals surface area (Å²) >= 11 is 0. The molecule has 0 aliphatic heterocycles. The van der Waals surface area contributed by atoms with E-state index in [1.807, 2.05) is 0 Å². The number of hydrogen-bond acceptors (Lipinski definition) is 9. The van der Waals surface area contributed by atoms with E-state index >= 15 is 0 Å². The first-order chi connectivity index (χ1) is 13.0. The topological polar surface area (TPSA) is 136 Å². The Bertz CT molecular complexity index is 1080. The first kappa shape index (κ1) is 21.6. The Morgan fingerprint density at radius 1 is 1.11 bits per heavy atom. The zero-order valence-corrected chi connectivity index (χ0v) is 17.5. The fraction of sp³-hybridized carbons (Fsp3) is 0.357. The van der Waals surface area contributed by atoms with Crippen LogP contribution in [0, 0.1) is 0 Å². The summed E-state index contributed by atoms with van der Waals surface area (Å²) in [5.41, 5.74) is 0.470. The van der Waals surface area contributed by atoms with Crippen molar-refractivity contribution in [3.8, 4) is 11.5 Å². The summed E-state index contributed by atoms with van der Waals surface area (Å²) in [5, 5.41) is 6.70. The standard InChI is InChI=1S/C14H20N6O6S2/c1-18(2)28(23,24)20-10-15-14(17-20)27(21,22)19(3)16-9-11-8-12(25-4)6-7-13(11)26-5/h6-10H,1-5H3/b16-9+. The molecule has 0 spiro atoms. The molecule has 0 unspecified atom stereocenters. The summed E-state index contributed by atoms with van der Waals surface area (Å²) in [5.74, 6) is 0.983. The molecule has 2 aromatic rings. The number of nitrogens with zero attached hydrogens (tertiary/aromatic N) is 6. The van der Waals surface area contributed by atoms with Crippen LogP contribution in [0.5, 0.6) is 11.5 Å². The third kappa shape index (κ3) is 4.23. The van der Waals surface area contributed by atoms with Gasteiger partial charge in [0, 0.05) is 26.7 Å². The van der Waals surface area contributed by atoms with Crippen molar-refractivity contribution in [2.24, 2.45) is 5.10 Å². The summed E-state index contributed by atoms with van der Waals surface area (Å²) in [6, 6.07) is 4.93. The normalized spacial score (nSPS) is 12.5. The minimum absolute atomic E-state index is 0.454. The van der Waals surface area contributed by atoms with Gasteiger partial charge >= 0.3 is 20.2 Å². The summed E-state index contributed by atoms with van der Waals surface area (Å²) < 4.78 is 61.4. The third-order valence-electron chi connectivity index (χ3n) is 3.52. The van der Waals surface area contributed by atoms with Crippen LogP contribution in [-0.2, 0) is 20.2 Å². The number of benzene rings is 1. The maximum atomic E-state index is 12.6. The number of rotatable bonds is 8. The molecule has 0 saturated carbocycles. The minimum Gasteiger partial charge on any atom is -0.497 e. The summed E-state index contributed by atoms with van der Waals surface area (Å²) in [6.07, 6.45) is 2.05. The van der Waals surface area contributed by atoms with Gasteiger partial charge in [0.1, 0.15) is 17.8 Å². The zero-order chi connectivity index (χ0) is 21.1. The molecule has 0 fully saturated rings. The molecule has 0 radical (unpaired) electrons. The monoisotopic (exact) mass is 432 g/mol. The third-order valence-corrected chi connectivity index (χ3v) is 6.53. The van der Waals surface area contributed by atoms with Crippen molar-refractivity contribution in [2.75, 3.05) is 35.4 Å². The molecule has 154 valence electrons. The van der Waals surface area contributed by atoms with E-state index in [-0.39, 0.29) is 0 Å². The van der Waals surface area contributed by atoms with Crippen molar-refractivity contribution in [1.82, 2.24) is 22.9 Å². The Morgan fingerprint density at radius 3 is 2.36 bits per heavy atom. The SMILES string of the molecule is COc1ccc(OC)c(/C=N/N(C)S(=O)(=O)c2ncn(S(=O)(=O)N(C)C)n2)c1. The smallest absolute Gasteiger partial charge is 0.323 e. The molecule has 1 heterocycles. The van der Waals surface area contributed by atoms with Crippen molar-refractivity contribution in [1.29, 1.82) is 0 Å². The van der Waals surface area contributed by atoms with E-state index in [2.05, 4.69) is 15.2 Å². The van der Waals surface area contributed by atoms with E-state index in [4.69, 9.17) is 9.47 Å². The highest BCUT2D eigenvalue weighted by Gasteiger charge is 2.27. The Hall–Kier alpha value is -2.71. The molecule has 1 aromatic heterocycles. The number of aromatic nitrogens is 3. The molecule has 1 aromatic carbocycles. The highest BCUT2D eigenvalue weighted by Crippen LogP contribution is 2.22. The second-order valence-electron chi connectivity index (χ2n) is 5.48. The minimum atomic E-state index is -4.27. The molecular weight excluding hydrogens is 412 g/mol. The van der Waals surface area contributed by atoms with Gasteiger partial charge in [0.05, 0.1) is 20.4 Å². The van der Waals surface area contributed by atoms with E-state index in [1.54, 1.807) is 18.2 Å². The van der Waals surface area contributed by atoms with Crippen molar-refractivity contribution < 1.29 is 26.3 Å². The first-order valence-corrected chi connectivity index (χ1v) is 10.5. The van der Waals surface area contributed by atoms with Gasteiger partial charge in [-0.05, 0) is 18.2 Å². The predicted molar refractivity (Wildman–Crippen MR) is 100 cm³/mol. The van der Waals surface area contributed by atoms with Crippen LogP contribution in [0.2, 0.25) is 0 Å². The van der Waals surface area contributed by atoms with Crippen molar-refractivity contribution in [3.63, 3.8) is 0 Å². The molecule has 0 atom stereocenters. The molecule has 0 aliphatic carbocycles. The van der Waals surface area contributed by atoms with Crippen molar-refractivity contribution in [3.05, 3.63) is 30.1 Å². The lowest BCUT2D eigenvalue weighted by molar-refractivity contribution is 0.402. The Balaban J connectivity index is 2.33. The van der Waals surface area contributed by atoms with Gasteiger partial charge < -0.3 is 9.47 Å². The van der Waals surface area contributed by atoms with Gasteiger partial charge in [-0.15, -0.1) is 9.19 Å². The Morgan fingerprint density at radius 2 is 1.79 bits per heavy atom. The number of sulfonamides is 1. The molecule has 12 nitrogen and oxygen atoms in total. The molecule has 14 heteroatoms. The molecule has 0 amide bonds. The second kappa shape index (κ2) is 8.12. The van der Waals surface area contributed by atoms with Gasteiger partial charge in [0.25, 0.3) is 5.16 Å². The van der Waals surface area contributed by atoms with Crippen LogP contribution in [-0.4, -0.2) is 81.3 Å². The van der Waals surface area contributed by atoms with Crippen LogP contribution in [0.1, 0.15) is 5.56 Å². The maximum Gasteiger partial charge on any atom is 0.323 e. The van der Waals surface area contributed by atoms with E-state index in [0.29, 0.717) is 25.6 Å². The molecule has 28 heavy (non-hydrogen) atoms. The largest absolute Gasteiger partial charge is 0.497 e. The van der Waals surface area contributed by atoms with Crippen LogP contribution in [0.25, 0.3) is 0 Å². The molecule has 0 bridgehead atoms. The van der Waals surface area contributed by atoms with E-state index in [1.165, 1.54) is 41.6 Å². The predicted octanol–water partition coefficient (Wildman–Crippen LogP) is -0.396. The summed E-state index contributed by atoms with van der Waals surface area (Å²) in [6.45, 7) is 0. The van der Waals surface area contributed by atoms with Gasteiger partial charge in [-0.1, -0.05) is 0 Å². The molecule has 0 saturated heterocycles. The number of methoxy groups -OCH3 is 2. The van der Waals surface area contributed by atoms with Crippen LogP contribution in [0.15, 0.2) is 34.8 Å². The average molecular weight is 432 g/mol. The molecular formula is C14H20N6O6S2. The molecule has 0 aliphatic rings. The van der Waals surface area contributed by atoms with Crippen molar-refractivity contribution >= 4 is 26.4 Å². The van der Waals surface area contributed by atoms with Crippen LogP contribution in [0.3, 0.4) is 0 Å². The highest BCUT2D eigenvalue weighted by molar-refractivity contribution is 7.89. The molecule has 0 N–H and O–H groups in total. The van der Waals surface area contributed by atoms with Gasteiger partial charge in [0.15, 0.2) is 0 Å². The van der Waals surface area contributed by atoms with E-state index in [9.17, 15) is 16.8 Å². The lowest BCUT2D eigenvalue weighted by atomic mass is 10.2. The van der Waals surface area contributed by atoms with Crippen LogP contribution in [0.4, 0.5) is 0 Å². The number of hydrogen-bond donors (Lipinski definition) is 0. The Labute approximate surface area is 163 Å². The Kier molecular flexibility index (Phi) is 6.26. The van der Waals surface area contributed by atoms with Gasteiger partial charge in [0.2, 0.25) is 0 Å². The number of ether oxygens (including phenoxy) is 2. The maximum absolute atomic E-state index is 12.6. The van der Waals surface area contributed by atoms with Gasteiger partial charge in [-0.2, -0.15) is 30.7 Å². The van der Waals surface area contributed by atoms with Crippen LogP contribution < -0.4 is 9.47 Å². The molecule has 2 rings (SSSR count). The summed E-state index contributed by atoms with van der Waals surface area (Å²) in [7, 11) is -1.58. The van der Waals surface area contributed by atoms with E-state index < -0.39 is 25.4 Å². The fourth-order valence-electron chi connectivity index (χ4n) is 1.90. The van der Waals surface area contributed by atoms with Crippen molar-refractivity contribution in [2.45, 2.75) is 5.16 Å². The fourth-order valence-corrected chi connectivity index (χ4v) is 3.41. The lowest BCUT2D eigenvalue weighted by Crippen LogP contribution is -2.30. The first-order valence-electron chi connectivity index (χ1n) is 7.63. The zero-order valence-electron chi connectivity index (χ0n) is 15.8. The number of hydrazone groups is 1. The summed E-state index contributed by atoms with van der Waals surface area (Å²) in [4.78, 5) is 3.57. The van der Waals surface area contributed by atoms with Crippen LogP contribution >= 0.6 is 0 Å². The van der Waals surface area contributed by atoms with Gasteiger partial charge in [-0.3, -0.25) is 0 Å². The second-order valence-corrected chi connectivity index (χ2v) is 9.33. The van der Waals surface area contributed by atoms with E-state index in [0.717, 1.165) is 10.6 Å². The van der Waals surface area contributed by atoms with Gasteiger partial charge in [-0.25, -0.2) is 4.98 Å². The average Bonchev–Trinajstić information content (AvgIpc) is 3.17.